The number of ether oxygens (including phenoxy) is 1. The summed E-state index contributed by atoms with van der Waals surface area (Å²) in [7, 11) is 1.51. The van der Waals surface area contributed by atoms with Crippen LogP contribution in [0.15, 0.2) is 0 Å². The summed E-state index contributed by atoms with van der Waals surface area (Å²) in [6, 6.07) is 0. The van der Waals surface area contributed by atoms with Crippen LogP contribution in [0.5, 0.6) is 0 Å². The summed E-state index contributed by atoms with van der Waals surface area (Å²) < 4.78 is 4.93. The first kappa shape index (κ1) is 10.4. The van der Waals surface area contributed by atoms with Gasteiger partial charge in [0.2, 0.25) is 0 Å². The molecule has 0 saturated carbocycles. The highest BCUT2D eigenvalue weighted by atomic mass is 16.5. The number of hydrogen-bond donors (Lipinski definition) is 2. The minimum atomic E-state index is -0.904. The minimum absolute atomic E-state index is 0.0813. The van der Waals surface area contributed by atoms with Crippen molar-refractivity contribution in [2.75, 3.05) is 7.11 Å². The van der Waals surface area contributed by atoms with E-state index in [4.69, 9.17) is 15.6 Å². The van der Waals surface area contributed by atoms with E-state index in [-0.39, 0.29) is 12.5 Å². The second kappa shape index (κ2) is 3.69. The van der Waals surface area contributed by atoms with Gasteiger partial charge in [-0.1, -0.05) is 0 Å². The van der Waals surface area contributed by atoms with Crippen LogP contribution in [0.25, 0.3) is 0 Å². The van der Waals surface area contributed by atoms with Crippen LogP contribution in [0, 0.1) is 0 Å². The molecule has 0 bridgehead atoms. The Hall–Kier alpha value is -0.610. The Bertz CT molecular complexity index is 145. The molecule has 2 atom stereocenters. The molecule has 0 rings (SSSR count). The molecule has 0 aromatic heterocycles. The van der Waals surface area contributed by atoms with Gasteiger partial charge < -0.3 is 15.6 Å². The van der Waals surface area contributed by atoms with Crippen LogP contribution in [-0.2, 0) is 9.53 Å². The Morgan fingerprint density at radius 3 is 2.55 bits per heavy atom. The molecule has 0 fully saturated rings. The van der Waals surface area contributed by atoms with Crippen molar-refractivity contribution in [1.82, 2.24) is 0 Å². The van der Waals surface area contributed by atoms with Crippen LogP contribution in [0.2, 0.25) is 0 Å². The lowest BCUT2D eigenvalue weighted by molar-refractivity contribution is -0.139. The standard InChI is InChI=1S/C7H15NO3/c1-5(11-3)7(2,8)4-6(9)10/h5H,4,8H2,1-3H3,(H,9,10). The van der Waals surface area contributed by atoms with E-state index in [2.05, 4.69) is 0 Å². The number of rotatable bonds is 4. The predicted octanol–water partition coefficient (Wildman–Crippen LogP) is 0.213. The Morgan fingerprint density at radius 2 is 2.27 bits per heavy atom. The molecule has 4 nitrogen and oxygen atoms in total. The summed E-state index contributed by atoms with van der Waals surface area (Å²) in [5, 5.41) is 8.46. The molecule has 66 valence electrons. The van der Waals surface area contributed by atoms with Crippen molar-refractivity contribution in [3.05, 3.63) is 0 Å². The zero-order valence-corrected chi connectivity index (χ0v) is 7.13. The van der Waals surface area contributed by atoms with Gasteiger partial charge in [0.15, 0.2) is 0 Å². The molecule has 4 heteroatoms. The topological polar surface area (TPSA) is 72.5 Å². The summed E-state index contributed by atoms with van der Waals surface area (Å²) in [5.41, 5.74) is 4.87. The van der Waals surface area contributed by atoms with Crippen LogP contribution in [0.4, 0.5) is 0 Å². The van der Waals surface area contributed by atoms with Gasteiger partial charge in [-0.25, -0.2) is 0 Å². The third-order valence-electron chi connectivity index (χ3n) is 1.81. The Labute approximate surface area is 66.3 Å². The van der Waals surface area contributed by atoms with Crippen molar-refractivity contribution >= 4 is 5.97 Å². The van der Waals surface area contributed by atoms with Gasteiger partial charge in [-0.15, -0.1) is 0 Å². The fraction of sp³-hybridized carbons (Fsp3) is 0.857. The largest absolute Gasteiger partial charge is 0.481 e. The van der Waals surface area contributed by atoms with Gasteiger partial charge in [0, 0.05) is 12.6 Å². The van der Waals surface area contributed by atoms with Crippen LogP contribution in [0.3, 0.4) is 0 Å². The summed E-state index contributed by atoms with van der Waals surface area (Å²) in [4.78, 5) is 10.3. The van der Waals surface area contributed by atoms with Gasteiger partial charge in [0.05, 0.1) is 12.5 Å². The number of aliphatic carboxylic acids is 1. The maximum absolute atomic E-state index is 10.3. The molecule has 0 aliphatic heterocycles. The van der Waals surface area contributed by atoms with Crippen LogP contribution in [0.1, 0.15) is 20.3 Å². The van der Waals surface area contributed by atoms with Crippen molar-refractivity contribution in [2.24, 2.45) is 5.73 Å². The Balaban J connectivity index is 4.08. The molecule has 0 aliphatic rings. The molecule has 0 heterocycles. The zero-order valence-electron chi connectivity index (χ0n) is 7.13. The second-order valence-corrected chi connectivity index (χ2v) is 2.95. The summed E-state index contributed by atoms with van der Waals surface area (Å²) >= 11 is 0. The smallest absolute Gasteiger partial charge is 0.305 e. The number of nitrogens with two attached hydrogens (primary N) is 1. The van der Waals surface area contributed by atoms with Crippen LogP contribution < -0.4 is 5.73 Å². The first-order valence-electron chi connectivity index (χ1n) is 3.43. The molecule has 0 radical (unpaired) electrons. The highest BCUT2D eigenvalue weighted by Crippen LogP contribution is 2.13. The first-order chi connectivity index (χ1) is 4.90. The van der Waals surface area contributed by atoms with Crippen LogP contribution in [-0.4, -0.2) is 29.8 Å². The van der Waals surface area contributed by atoms with E-state index in [0.29, 0.717) is 0 Å². The fourth-order valence-corrected chi connectivity index (χ4v) is 0.739. The van der Waals surface area contributed by atoms with Crippen molar-refractivity contribution in [1.29, 1.82) is 0 Å². The summed E-state index contributed by atoms with van der Waals surface area (Å²) in [5.74, 6) is -0.904. The predicted molar refractivity (Wildman–Crippen MR) is 41.3 cm³/mol. The molecular weight excluding hydrogens is 146 g/mol. The van der Waals surface area contributed by atoms with E-state index in [1.54, 1.807) is 13.8 Å². The molecule has 2 unspecified atom stereocenters. The van der Waals surface area contributed by atoms with Crippen molar-refractivity contribution in [3.8, 4) is 0 Å². The van der Waals surface area contributed by atoms with Gasteiger partial charge in [0.25, 0.3) is 0 Å². The third-order valence-corrected chi connectivity index (χ3v) is 1.81. The molecule has 3 N–H and O–H groups in total. The molecule has 0 saturated heterocycles. The molecule has 0 aromatic carbocycles. The number of methoxy groups -OCH3 is 1. The summed E-state index contributed by atoms with van der Waals surface area (Å²) in [6.45, 7) is 3.41. The average Bonchev–Trinajstić information content (AvgIpc) is 1.83. The molecule has 0 aliphatic carbocycles. The lowest BCUT2D eigenvalue weighted by Gasteiger charge is -2.28. The molecule has 0 spiro atoms. The van der Waals surface area contributed by atoms with E-state index in [9.17, 15) is 4.79 Å². The van der Waals surface area contributed by atoms with Gasteiger partial charge in [-0.3, -0.25) is 4.79 Å². The second-order valence-electron chi connectivity index (χ2n) is 2.95. The highest BCUT2D eigenvalue weighted by molar-refractivity contribution is 5.68. The highest BCUT2D eigenvalue weighted by Gasteiger charge is 2.29. The third kappa shape index (κ3) is 3.34. The quantitative estimate of drug-likeness (QED) is 0.618. The van der Waals surface area contributed by atoms with Crippen molar-refractivity contribution in [3.63, 3.8) is 0 Å². The first-order valence-corrected chi connectivity index (χ1v) is 3.43. The lowest BCUT2D eigenvalue weighted by Crippen LogP contribution is -2.49. The average molecular weight is 161 g/mol. The van der Waals surface area contributed by atoms with E-state index in [1.807, 2.05) is 0 Å². The van der Waals surface area contributed by atoms with Gasteiger partial charge >= 0.3 is 5.97 Å². The Morgan fingerprint density at radius 1 is 1.82 bits per heavy atom. The van der Waals surface area contributed by atoms with E-state index >= 15 is 0 Å². The molecule has 0 amide bonds. The zero-order chi connectivity index (χ0) is 9.07. The van der Waals surface area contributed by atoms with E-state index in [0.717, 1.165) is 0 Å². The molecular formula is C7H15NO3. The maximum atomic E-state index is 10.3. The van der Waals surface area contributed by atoms with E-state index < -0.39 is 11.5 Å². The number of carboxylic acid groups (broad SMARTS) is 1. The monoisotopic (exact) mass is 161 g/mol. The summed E-state index contributed by atoms with van der Waals surface area (Å²) in [6.07, 6.45) is -0.333. The fourth-order valence-electron chi connectivity index (χ4n) is 0.739. The minimum Gasteiger partial charge on any atom is -0.481 e. The van der Waals surface area contributed by atoms with Gasteiger partial charge in [-0.05, 0) is 13.8 Å². The van der Waals surface area contributed by atoms with Crippen LogP contribution >= 0.6 is 0 Å². The van der Waals surface area contributed by atoms with Gasteiger partial charge in [0.1, 0.15) is 0 Å². The maximum Gasteiger partial charge on any atom is 0.305 e. The number of carbonyl (C=O) groups is 1. The SMILES string of the molecule is COC(C)C(C)(N)CC(=O)O. The molecule has 11 heavy (non-hydrogen) atoms. The van der Waals surface area contributed by atoms with E-state index in [1.165, 1.54) is 7.11 Å². The van der Waals surface area contributed by atoms with Crippen molar-refractivity contribution < 1.29 is 14.6 Å². The lowest BCUT2D eigenvalue weighted by atomic mass is 9.93. The Kier molecular flexibility index (Phi) is 3.48. The molecule has 0 aromatic rings. The number of carboxylic acids is 1. The van der Waals surface area contributed by atoms with Crippen molar-refractivity contribution in [2.45, 2.75) is 31.9 Å². The van der Waals surface area contributed by atoms with Gasteiger partial charge in [-0.2, -0.15) is 0 Å². The number of hydrogen-bond acceptors (Lipinski definition) is 3. The normalized spacial score (nSPS) is 18.9.